The summed E-state index contributed by atoms with van der Waals surface area (Å²) in [5, 5.41) is 5.91. The molecule has 0 aliphatic heterocycles. The molecule has 0 aliphatic carbocycles. The van der Waals surface area contributed by atoms with Crippen molar-refractivity contribution >= 4 is 6.09 Å². The van der Waals surface area contributed by atoms with Crippen molar-refractivity contribution in [3.63, 3.8) is 0 Å². The Morgan fingerprint density at radius 2 is 2.11 bits per heavy atom. The molecular weight excluding hydrogens is 244 g/mol. The maximum atomic E-state index is 11.4. The zero-order valence-electron chi connectivity index (χ0n) is 12.4. The van der Waals surface area contributed by atoms with Gasteiger partial charge in [-0.15, -0.1) is 6.42 Å². The van der Waals surface area contributed by atoms with Crippen LogP contribution < -0.4 is 10.6 Å². The third-order valence-corrected chi connectivity index (χ3v) is 2.26. The van der Waals surface area contributed by atoms with Crippen LogP contribution in [-0.4, -0.2) is 44.5 Å². The molecule has 1 amide bonds. The molecule has 110 valence electrons. The van der Waals surface area contributed by atoms with Gasteiger partial charge in [0.15, 0.2) is 0 Å². The van der Waals surface area contributed by atoms with Crippen molar-refractivity contribution < 1.29 is 14.3 Å². The van der Waals surface area contributed by atoms with Gasteiger partial charge in [0.2, 0.25) is 0 Å². The van der Waals surface area contributed by atoms with E-state index in [-0.39, 0.29) is 12.1 Å². The summed E-state index contributed by atoms with van der Waals surface area (Å²) >= 11 is 0. The van der Waals surface area contributed by atoms with Gasteiger partial charge in [-0.2, -0.15) is 0 Å². The lowest BCUT2D eigenvalue weighted by atomic mass is 10.1. The van der Waals surface area contributed by atoms with E-state index in [0.29, 0.717) is 19.7 Å². The minimum absolute atomic E-state index is 0.210. The Morgan fingerprint density at radius 3 is 2.63 bits per heavy atom. The second-order valence-corrected chi connectivity index (χ2v) is 5.31. The van der Waals surface area contributed by atoms with Crippen LogP contribution in [0.15, 0.2) is 0 Å². The molecule has 0 saturated carbocycles. The highest BCUT2D eigenvalue weighted by molar-refractivity contribution is 5.67. The zero-order chi connectivity index (χ0) is 14.7. The van der Waals surface area contributed by atoms with Gasteiger partial charge >= 0.3 is 6.09 Å². The molecule has 5 heteroatoms. The van der Waals surface area contributed by atoms with Gasteiger partial charge in [0, 0.05) is 19.7 Å². The summed E-state index contributed by atoms with van der Waals surface area (Å²) in [5.41, 5.74) is -0.461. The Morgan fingerprint density at radius 1 is 1.42 bits per heavy atom. The van der Waals surface area contributed by atoms with E-state index in [1.165, 1.54) is 0 Å². The van der Waals surface area contributed by atoms with Crippen LogP contribution in [0.2, 0.25) is 0 Å². The molecule has 0 bridgehead atoms. The van der Waals surface area contributed by atoms with Crippen LogP contribution in [0.25, 0.3) is 0 Å². The molecule has 0 aromatic carbocycles. The quantitative estimate of drug-likeness (QED) is 0.519. The van der Waals surface area contributed by atoms with E-state index in [0.717, 1.165) is 12.8 Å². The van der Waals surface area contributed by atoms with E-state index in [1.807, 2.05) is 20.8 Å². The molecule has 0 fully saturated rings. The van der Waals surface area contributed by atoms with Crippen molar-refractivity contribution in [2.24, 2.45) is 0 Å². The summed E-state index contributed by atoms with van der Waals surface area (Å²) in [6.45, 7) is 7.22. The van der Waals surface area contributed by atoms with Gasteiger partial charge in [0.05, 0.1) is 13.2 Å². The zero-order valence-corrected chi connectivity index (χ0v) is 12.4. The number of terminal acetylenes is 1. The predicted octanol–water partition coefficient (Wildman–Crippen LogP) is 1.53. The van der Waals surface area contributed by atoms with Gasteiger partial charge in [-0.05, 0) is 33.6 Å². The molecule has 5 nitrogen and oxygen atoms in total. The molecule has 0 aliphatic rings. The van der Waals surface area contributed by atoms with Gasteiger partial charge in [-0.25, -0.2) is 4.79 Å². The Balaban J connectivity index is 3.75. The third-order valence-electron chi connectivity index (χ3n) is 2.26. The van der Waals surface area contributed by atoms with E-state index in [4.69, 9.17) is 15.9 Å². The number of rotatable bonds is 8. The molecule has 0 aromatic rings. The third kappa shape index (κ3) is 11.6. The average molecular weight is 270 g/mol. The number of carbonyl (C=O) groups is 1. The smallest absolute Gasteiger partial charge is 0.407 e. The van der Waals surface area contributed by atoms with Crippen LogP contribution in [0.5, 0.6) is 0 Å². The van der Waals surface area contributed by atoms with Crippen LogP contribution >= 0.6 is 0 Å². The molecule has 19 heavy (non-hydrogen) atoms. The maximum absolute atomic E-state index is 11.4. The Kier molecular flexibility index (Phi) is 9.02. The standard InChI is InChI=1S/C14H26N2O3/c1-6-9-15-12(11-18-5)8-7-10-16-13(17)19-14(2,3)4/h1,12,15H,7-11H2,2-5H3,(H,16,17). The van der Waals surface area contributed by atoms with E-state index in [2.05, 4.69) is 16.6 Å². The van der Waals surface area contributed by atoms with Crippen molar-refractivity contribution in [2.75, 3.05) is 26.8 Å². The normalized spacial score (nSPS) is 12.6. The fourth-order valence-electron chi connectivity index (χ4n) is 1.50. The second-order valence-electron chi connectivity index (χ2n) is 5.31. The molecule has 0 radical (unpaired) electrons. The van der Waals surface area contributed by atoms with Gasteiger partial charge in [0.25, 0.3) is 0 Å². The lowest BCUT2D eigenvalue weighted by molar-refractivity contribution is 0.0526. The number of hydrogen-bond acceptors (Lipinski definition) is 4. The highest BCUT2D eigenvalue weighted by Gasteiger charge is 2.15. The summed E-state index contributed by atoms with van der Waals surface area (Å²) in [4.78, 5) is 11.4. The van der Waals surface area contributed by atoms with Crippen LogP contribution in [0.4, 0.5) is 4.79 Å². The first-order valence-electron chi connectivity index (χ1n) is 6.51. The summed E-state index contributed by atoms with van der Waals surface area (Å²) in [6, 6.07) is 0.210. The largest absolute Gasteiger partial charge is 0.444 e. The lowest BCUT2D eigenvalue weighted by Gasteiger charge is -2.20. The Labute approximate surface area is 116 Å². The monoisotopic (exact) mass is 270 g/mol. The first-order valence-corrected chi connectivity index (χ1v) is 6.51. The van der Waals surface area contributed by atoms with Crippen molar-refractivity contribution in [1.82, 2.24) is 10.6 Å². The molecule has 0 saturated heterocycles. The summed E-state index contributed by atoms with van der Waals surface area (Å²) < 4.78 is 10.2. The van der Waals surface area contributed by atoms with Crippen molar-refractivity contribution in [1.29, 1.82) is 0 Å². The molecular formula is C14H26N2O3. The van der Waals surface area contributed by atoms with E-state index in [9.17, 15) is 4.79 Å². The Hall–Kier alpha value is -1.25. The van der Waals surface area contributed by atoms with Crippen molar-refractivity contribution in [2.45, 2.75) is 45.3 Å². The van der Waals surface area contributed by atoms with Crippen molar-refractivity contribution in [3.8, 4) is 12.3 Å². The van der Waals surface area contributed by atoms with Gasteiger partial charge in [0.1, 0.15) is 5.60 Å². The fourth-order valence-corrected chi connectivity index (χ4v) is 1.50. The minimum Gasteiger partial charge on any atom is -0.444 e. The van der Waals surface area contributed by atoms with Crippen molar-refractivity contribution in [3.05, 3.63) is 0 Å². The van der Waals surface area contributed by atoms with Crippen LogP contribution in [0.1, 0.15) is 33.6 Å². The SMILES string of the molecule is C#CCNC(CCCNC(=O)OC(C)(C)C)COC. The molecule has 2 N–H and O–H groups in total. The molecule has 1 unspecified atom stereocenters. The topological polar surface area (TPSA) is 59.6 Å². The number of amides is 1. The number of alkyl carbamates (subject to hydrolysis) is 1. The van der Waals surface area contributed by atoms with Gasteiger partial charge < -0.3 is 20.1 Å². The minimum atomic E-state index is -0.461. The highest BCUT2D eigenvalue weighted by Crippen LogP contribution is 2.06. The molecule has 0 spiro atoms. The van der Waals surface area contributed by atoms with Crippen LogP contribution in [-0.2, 0) is 9.47 Å². The van der Waals surface area contributed by atoms with E-state index < -0.39 is 5.60 Å². The Bertz CT molecular complexity index is 292. The highest BCUT2D eigenvalue weighted by atomic mass is 16.6. The summed E-state index contributed by atoms with van der Waals surface area (Å²) in [6.07, 6.45) is 6.54. The second kappa shape index (κ2) is 9.65. The number of ether oxygens (including phenoxy) is 2. The fraction of sp³-hybridized carbons (Fsp3) is 0.786. The van der Waals surface area contributed by atoms with Crippen LogP contribution in [0.3, 0.4) is 0 Å². The average Bonchev–Trinajstić information content (AvgIpc) is 2.29. The lowest BCUT2D eigenvalue weighted by Crippen LogP contribution is -2.36. The van der Waals surface area contributed by atoms with E-state index in [1.54, 1.807) is 7.11 Å². The van der Waals surface area contributed by atoms with E-state index >= 15 is 0 Å². The first-order chi connectivity index (χ1) is 8.89. The number of hydrogen-bond donors (Lipinski definition) is 2. The van der Waals surface area contributed by atoms with Gasteiger partial charge in [-0.3, -0.25) is 0 Å². The summed E-state index contributed by atoms with van der Waals surface area (Å²) in [7, 11) is 1.66. The number of carbonyl (C=O) groups excluding carboxylic acids is 1. The maximum Gasteiger partial charge on any atom is 0.407 e. The first kappa shape index (κ1) is 17.8. The molecule has 0 heterocycles. The van der Waals surface area contributed by atoms with Gasteiger partial charge in [-0.1, -0.05) is 5.92 Å². The molecule has 0 rings (SSSR count). The number of methoxy groups -OCH3 is 1. The van der Waals surface area contributed by atoms with Crippen LogP contribution in [0, 0.1) is 12.3 Å². The number of nitrogens with one attached hydrogen (secondary N) is 2. The molecule has 0 aromatic heterocycles. The summed E-state index contributed by atoms with van der Waals surface area (Å²) in [5.74, 6) is 2.53. The molecule has 1 atom stereocenters. The predicted molar refractivity (Wildman–Crippen MR) is 76.0 cm³/mol.